The highest BCUT2D eigenvalue weighted by atomic mass is 35.5. The molecule has 7 heteroatoms. The summed E-state index contributed by atoms with van der Waals surface area (Å²) in [7, 11) is 0. The van der Waals surface area contributed by atoms with Crippen LogP contribution < -0.4 is 20.1 Å². The molecule has 0 bridgehead atoms. The number of hydrogen-bond acceptors (Lipinski definition) is 5. The molecular weight excluding hydrogens is 368 g/mol. The van der Waals surface area contributed by atoms with Crippen LogP contribution in [0, 0.1) is 0 Å². The second-order valence-electron chi connectivity index (χ2n) is 7.03. The molecule has 0 aliphatic heterocycles. The molecule has 0 atom stereocenters. The van der Waals surface area contributed by atoms with Crippen molar-refractivity contribution in [3.8, 4) is 11.5 Å². The molecule has 0 saturated carbocycles. The monoisotopic (exact) mass is 402 g/mol. The number of halogens is 1. The van der Waals surface area contributed by atoms with Crippen molar-refractivity contribution in [3.63, 3.8) is 0 Å². The van der Waals surface area contributed by atoms with Crippen molar-refractivity contribution < 1.29 is 19.0 Å². The largest absolute Gasteiger partial charge is 0.490 e. The van der Waals surface area contributed by atoms with Crippen LogP contribution in [-0.2, 0) is 16.1 Å². The van der Waals surface area contributed by atoms with Gasteiger partial charge in [0.25, 0.3) is 5.91 Å². The Morgan fingerprint density at radius 2 is 1.81 bits per heavy atom. The number of ether oxygens (including phenoxy) is 3. The summed E-state index contributed by atoms with van der Waals surface area (Å²) in [4.78, 5) is 11.9. The van der Waals surface area contributed by atoms with Crippen molar-refractivity contribution in [3.05, 3.63) is 23.8 Å². The molecule has 27 heavy (non-hydrogen) atoms. The minimum atomic E-state index is -0.277. The van der Waals surface area contributed by atoms with E-state index in [1.807, 2.05) is 52.8 Å². The van der Waals surface area contributed by atoms with Gasteiger partial charge < -0.3 is 24.8 Å². The molecule has 6 nitrogen and oxygen atoms in total. The van der Waals surface area contributed by atoms with E-state index >= 15 is 0 Å². The lowest BCUT2D eigenvalue weighted by Gasteiger charge is -2.21. The fourth-order valence-electron chi connectivity index (χ4n) is 2.32. The Labute approximate surface area is 169 Å². The summed E-state index contributed by atoms with van der Waals surface area (Å²) in [6, 6.07) is 5.79. The van der Waals surface area contributed by atoms with Crippen molar-refractivity contribution in [2.45, 2.75) is 53.1 Å². The zero-order valence-corrected chi connectivity index (χ0v) is 18.0. The third-order valence-electron chi connectivity index (χ3n) is 3.36. The van der Waals surface area contributed by atoms with Crippen LogP contribution in [0.1, 0.15) is 46.6 Å². The lowest BCUT2D eigenvalue weighted by Crippen LogP contribution is -2.43. The lowest BCUT2D eigenvalue weighted by atomic mass is 10.1. The number of hydrogen-bond donors (Lipinski definition) is 2. The van der Waals surface area contributed by atoms with E-state index in [1.165, 1.54) is 0 Å². The van der Waals surface area contributed by atoms with Gasteiger partial charge in [-0.15, -0.1) is 12.4 Å². The zero-order valence-electron chi connectivity index (χ0n) is 17.2. The van der Waals surface area contributed by atoms with Gasteiger partial charge in [-0.05, 0) is 65.3 Å². The van der Waals surface area contributed by atoms with E-state index < -0.39 is 0 Å². The summed E-state index contributed by atoms with van der Waals surface area (Å²) in [5.41, 5.74) is 0.831. The summed E-state index contributed by atoms with van der Waals surface area (Å²) in [6.45, 7) is 13.4. The van der Waals surface area contributed by atoms with Crippen LogP contribution in [0.5, 0.6) is 11.5 Å². The molecule has 0 aliphatic rings. The highest BCUT2D eigenvalue weighted by molar-refractivity contribution is 5.85. The van der Waals surface area contributed by atoms with Gasteiger partial charge in [-0.25, -0.2) is 0 Å². The molecule has 0 unspecified atom stereocenters. The smallest absolute Gasteiger partial charge is 0.258 e. The molecule has 0 aliphatic carbocycles. The molecule has 0 heterocycles. The molecule has 0 spiro atoms. The van der Waals surface area contributed by atoms with Crippen molar-refractivity contribution in [2.24, 2.45) is 0 Å². The van der Waals surface area contributed by atoms with Crippen molar-refractivity contribution >= 4 is 18.3 Å². The second kappa shape index (κ2) is 13.6. The van der Waals surface area contributed by atoms with Crippen LogP contribution in [-0.4, -0.2) is 44.4 Å². The van der Waals surface area contributed by atoms with Gasteiger partial charge in [-0.2, -0.15) is 0 Å². The zero-order chi connectivity index (χ0) is 19.4. The van der Waals surface area contributed by atoms with Gasteiger partial charge in [0, 0.05) is 25.3 Å². The molecule has 1 amide bonds. The average Bonchev–Trinajstić information content (AvgIpc) is 2.56. The summed E-state index contributed by atoms with van der Waals surface area (Å²) in [5.74, 6) is 1.08. The number of nitrogens with one attached hydrogen (secondary N) is 2. The van der Waals surface area contributed by atoms with Gasteiger partial charge in [0.15, 0.2) is 18.1 Å². The van der Waals surface area contributed by atoms with Gasteiger partial charge in [0.05, 0.1) is 6.61 Å². The molecule has 0 radical (unpaired) electrons. The first-order chi connectivity index (χ1) is 12.4. The van der Waals surface area contributed by atoms with E-state index in [1.54, 1.807) is 0 Å². The lowest BCUT2D eigenvalue weighted by molar-refractivity contribution is -0.124. The molecule has 0 fully saturated rings. The van der Waals surface area contributed by atoms with Gasteiger partial charge in [-0.3, -0.25) is 4.79 Å². The number of carbonyl (C=O) groups is 1. The van der Waals surface area contributed by atoms with Crippen LogP contribution in [0.2, 0.25) is 0 Å². The molecule has 1 rings (SSSR count). The van der Waals surface area contributed by atoms with E-state index in [2.05, 4.69) is 10.6 Å². The van der Waals surface area contributed by atoms with E-state index in [4.69, 9.17) is 14.2 Å². The molecule has 2 N–H and O–H groups in total. The Balaban J connectivity index is 0.00000676. The number of rotatable bonds is 12. The van der Waals surface area contributed by atoms with E-state index in [0.29, 0.717) is 18.1 Å². The van der Waals surface area contributed by atoms with Crippen molar-refractivity contribution in [1.29, 1.82) is 0 Å². The van der Waals surface area contributed by atoms with E-state index in [-0.39, 0.29) is 30.5 Å². The van der Waals surface area contributed by atoms with Crippen LogP contribution in [0.3, 0.4) is 0 Å². The topological polar surface area (TPSA) is 68.8 Å². The Bertz CT molecular complexity index is 547. The van der Waals surface area contributed by atoms with E-state index in [0.717, 1.165) is 38.3 Å². The normalized spacial score (nSPS) is 10.9. The maximum atomic E-state index is 11.9. The first-order valence-electron chi connectivity index (χ1n) is 9.33. The third-order valence-corrected chi connectivity index (χ3v) is 3.36. The average molecular weight is 403 g/mol. The number of benzene rings is 1. The summed E-state index contributed by atoms with van der Waals surface area (Å²) in [6.07, 6.45) is 0.982. The first kappa shape index (κ1) is 25.5. The number of amides is 1. The summed E-state index contributed by atoms with van der Waals surface area (Å²) in [5, 5.41) is 6.26. The molecule has 156 valence electrons. The highest BCUT2D eigenvalue weighted by Gasteiger charge is 2.15. The maximum absolute atomic E-state index is 11.9. The predicted molar refractivity (Wildman–Crippen MR) is 111 cm³/mol. The van der Waals surface area contributed by atoms with Gasteiger partial charge in [-0.1, -0.05) is 6.07 Å². The molecule has 1 aromatic rings. The molecular formula is C20H35ClN2O4. The fourth-order valence-corrected chi connectivity index (χ4v) is 2.32. The van der Waals surface area contributed by atoms with Gasteiger partial charge >= 0.3 is 0 Å². The van der Waals surface area contributed by atoms with Gasteiger partial charge in [0.1, 0.15) is 0 Å². The van der Waals surface area contributed by atoms with Crippen LogP contribution in [0.15, 0.2) is 18.2 Å². The van der Waals surface area contributed by atoms with Crippen molar-refractivity contribution in [1.82, 2.24) is 10.6 Å². The summed E-state index contributed by atoms with van der Waals surface area (Å²) < 4.78 is 16.6. The quantitative estimate of drug-likeness (QED) is 0.525. The highest BCUT2D eigenvalue weighted by Crippen LogP contribution is 2.28. The maximum Gasteiger partial charge on any atom is 0.258 e. The second-order valence-corrected chi connectivity index (χ2v) is 7.03. The third kappa shape index (κ3) is 11.7. The fraction of sp³-hybridized carbons (Fsp3) is 0.650. The predicted octanol–water partition coefficient (Wildman–Crippen LogP) is 3.32. The Hall–Kier alpha value is -1.50. The SMILES string of the molecule is CCOCCCNCc1ccc(OCC(=O)NC(C)(C)C)c(OCC)c1.Cl. The van der Waals surface area contributed by atoms with Crippen LogP contribution in [0.25, 0.3) is 0 Å². The number of carbonyl (C=O) groups excluding carboxylic acids is 1. The standard InChI is InChI=1S/C20H34N2O4.ClH/c1-6-24-12-8-11-21-14-16-9-10-17(18(13-16)25-7-2)26-15-19(23)22-20(3,4)5;/h9-10,13,21H,6-8,11-12,14-15H2,1-5H3,(H,22,23);1H. The van der Waals surface area contributed by atoms with E-state index in [9.17, 15) is 4.79 Å². The molecule has 1 aromatic carbocycles. The summed E-state index contributed by atoms with van der Waals surface area (Å²) >= 11 is 0. The van der Waals surface area contributed by atoms with Crippen molar-refractivity contribution in [2.75, 3.05) is 33.0 Å². The Morgan fingerprint density at radius 3 is 2.44 bits per heavy atom. The molecule has 0 aromatic heterocycles. The first-order valence-corrected chi connectivity index (χ1v) is 9.33. The van der Waals surface area contributed by atoms with Crippen LogP contribution in [0.4, 0.5) is 0 Å². The Morgan fingerprint density at radius 1 is 1.07 bits per heavy atom. The van der Waals surface area contributed by atoms with Crippen LogP contribution >= 0.6 is 12.4 Å². The molecule has 0 saturated heterocycles. The minimum absolute atomic E-state index is 0. The van der Waals surface area contributed by atoms with Gasteiger partial charge in [0.2, 0.25) is 0 Å². The minimum Gasteiger partial charge on any atom is -0.490 e. The Kier molecular flexibility index (Phi) is 12.9.